The fraction of sp³-hybridized carbons (Fsp3) is 0.500. The third-order valence-electron chi connectivity index (χ3n) is 2.92. The van der Waals surface area contributed by atoms with Gasteiger partial charge in [0.15, 0.2) is 0 Å². The van der Waals surface area contributed by atoms with Crippen LogP contribution in [-0.2, 0) is 6.42 Å². The quantitative estimate of drug-likeness (QED) is 0.872. The van der Waals surface area contributed by atoms with Crippen molar-refractivity contribution in [2.24, 2.45) is 5.92 Å². The molecule has 1 atom stereocenters. The van der Waals surface area contributed by atoms with Crippen LogP contribution in [0.15, 0.2) is 16.6 Å². The van der Waals surface area contributed by atoms with E-state index in [1.165, 1.54) is 0 Å². The number of hydrogen-bond donors (Lipinski definition) is 1. The van der Waals surface area contributed by atoms with Crippen LogP contribution in [0.4, 0.5) is 4.39 Å². The number of rotatable bonds is 2. The molecule has 0 amide bonds. The number of hydrogen-bond acceptors (Lipinski definition) is 1. The lowest BCUT2D eigenvalue weighted by Crippen LogP contribution is -2.11. The van der Waals surface area contributed by atoms with E-state index in [-0.39, 0.29) is 5.82 Å². The van der Waals surface area contributed by atoms with Crippen LogP contribution in [0.1, 0.15) is 17.5 Å². The second kappa shape index (κ2) is 4.62. The zero-order valence-electron chi connectivity index (χ0n) is 8.82. The lowest BCUT2D eigenvalue weighted by molar-refractivity contribution is 0.540. The highest BCUT2D eigenvalue weighted by molar-refractivity contribution is 9.10. The van der Waals surface area contributed by atoms with Gasteiger partial charge in [0.05, 0.1) is 4.47 Å². The summed E-state index contributed by atoms with van der Waals surface area (Å²) in [5.41, 5.74) is 1.96. The molecule has 0 aromatic heterocycles. The summed E-state index contributed by atoms with van der Waals surface area (Å²) in [4.78, 5) is 0. The molecule has 1 saturated heterocycles. The molecule has 3 heteroatoms. The summed E-state index contributed by atoms with van der Waals surface area (Å²) in [6.07, 6.45) is 2.00. The molecule has 1 aliphatic heterocycles. The van der Waals surface area contributed by atoms with Gasteiger partial charge < -0.3 is 5.32 Å². The smallest absolute Gasteiger partial charge is 0.140 e. The molecular formula is C12H15BrFN. The molecular weight excluding hydrogens is 257 g/mol. The first-order valence-electron chi connectivity index (χ1n) is 5.32. The third kappa shape index (κ3) is 2.58. The molecule has 82 valence electrons. The molecule has 15 heavy (non-hydrogen) atoms. The topological polar surface area (TPSA) is 12.0 Å². The van der Waals surface area contributed by atoms with Crippen molar-refractivity contribution < 1.29 is 4.39 Å². The van der Waals surface area contributed by atoms with E-state index in [9.17, 15) is 4.39 Å². The van der Waals surface area contributed by atoms with Gasteiger partial charge in [-0.15, -0.1) is 0 Å². The number of halogens is 2. The summed E-state index contributed by atoms with van der Waals surface area (Å²) in [5.74, 6) is 0.501. The van der Waals surface area contributed by atoms with Gasteiger partial charge in [-0.3, -0.25) is 0 Å². The number of nitrogens with one attached hydrogen (secondary N) is 1. The number of benzene rings is 1. The van der Waals surface area contributed by atoms with Crippen molar-refractivity contribution in [2.75, 3.05) is 13.1 Å². The predicted molar refractivity (Wildman–Crippen MR) is 63.5 cm³/mol. The van der Waals surface area contributed by atoms with Gasteiger partial charge in [0.2, 0.25) is 0 Å². The van der Waals surface area contributed by atoms with Gasteiger partial charge in [-0.25, -0.2) is 4.39 Å². The molecule has 2 rings (SSSR count). The van der Waals surface area contributed by atoms with Gasteiger partial charge in [0.25, 0.3) is 0 Å². The average molecular weight is 272 g/mol. The van der Waals surface area contributed by atoms with Gasteiger partial charge in [0, 0.05) is 0 Å². The summed E-state index contributed by atoms with van der Waals surface area (Å²) in [5, 5.41) is 3.31. The van der Waals surface area contributed by atoms with E-state index in [4.69, 9.17) is 0 Å². The van der Waals surface area contributed by atoms with E-state index >= 15 is 0 Å². The maximum atomic E-state index is 13.8. The minimum Gasteiger partial charge on any atom is -0.316 e. The molecule has 0 aliphatic carbocycles. The summed E-state index contributed by atoms with van der Waals surface area (Å²) in [6, 6.07) is 3.78. The van der Waals surface area contributed by atoms with E-state index in [2.05, 4.69) is 21.2 Å². The minimum atomic E-state index is -0.0903. The average Bonchev–Trinajstić information content (AvgIpc) is 2.66. The second-order valence-electron chi connectivity index (χ2n) is 4.28. The molecule has 1 aromatic rings. The Morgan fingerprint density at radius 1 is 1.53 bits per heavy atom. The van der Waals surface area contributed by atoms with Gasteiger partial charge in [0.1, 0.15) is 5.82 Å². The fourth-order valence-electron chi connectivity index (χ4n) is 2.14. The molecule has 1 fully saturated rings. The van der Waals surface area contributed by atoms with Crippen molar-refractivity contribution in [1.29, 1.82) is 0 Å². The molecule has 1 aliphatic rings. The van der Waals surface area contributed by atoms with Crippen LogP contribution < -0.4 is 5.32 Å². The normalized spacial score (nSPS) is 20.9. The van der Waals surface area contributed by atoms with Crippen molar-refractivity contribution in [2.45, 2.75) is 19.8 Å². The van der Waals surface area contributed by atoms with Crippen LogP contribution in [0, 0.1) is 18.7 Å². The predicted octanol–water partition coefficient (Wildman–Crippen LogP) is 3.05. The van der Waals surface area contributed by atoms with Crippen LogP contribution >= 0.6 is 15.9 Å². The van der Waals surface area contributed by atoms with Gasteiger partial charge in [-0.05, 0) is 71.9 Å². The lowest BCUT2D eigenvalue weighted by Gasteiger charge is -2.11. The monoisotopic (exact) mass is 271 g/mol. The Kier molecular flexibility index (Phi) is 3.42. The Morgan fingerprint density at radius 3 is 3.00 bits per heavy atom. The molecule has 1 N–H and O–H groups in total. The van der Waals surface area contributed by atoms with Gasteiger partial charge in [-0.1, -0.05) is 6.07 Å². The molecule has 0 saturated carbocycles. The summed E-state index contributed by atoms with van der Waals surface area (Å²) >= 11 is 3.26. The van der Waals surface area contributed by atoms with Crippen LogP contribution in [0.3, 0.4) is 0 Å². The van der Waals surface area contributed by atoms with Crippen LogP contribution in [0.2, 0.25) is 0 Å². The first kappa shape index (κ1) is 11.1. The minimum absolute atomic E-state index is 0.0903. The van der Waals surface area contributed by atoms with Crippen molar-refractivity contribution in [3.8, 4) is 0 Å². The molecule has 0 radical (unpaired) electrons. The molecule has 1 nitrogen and oxygen atoms in total. The standard InChI is InChI=1S/C12H15BrFN/c1-8-4-10(12(14)11(13)5-8)6-9-2-3-15-7-9/h4-5,9,15H,2-3,6-7H2,1H3. The van der Waals surface area contributed by atoms with Crippen molar-refractivity contribution in [1.82, 2.24) is 5.32 Å². The third-order valence-corrected chi connectivity index (χ3v) is 3.50. The summed E-state index contributed by atoms with van der Waals surface area (Å²) < 4.78 is 14.4. The number of aryl methyl sites for hydroxylation is 1. The van der Waals surface area contributed by atoms with Gasteiger partial charge >= 0.3 is 0 Å². The van der Waals surface area contributed by atoms with Crippen molar-refractivity contribution in [3.05, 3.63) is 33.5 Å². The summed E-state index contributed by atoms with van der Waals surface area (Å²) in [7, 11) is 0. The Balaban J connectivity index is 2.19. The van der Waals surface area contributed by atoms with E-state index in [0.29, 0.717) is 10.4 Å². The summed E-state index contributed by atoms with van der Waals surface area (Å²) in [6.45, 7) is 4.09. The van der Waals surface area contributed by atoms with Crippen molar-refractivity contribution >= 4 is 15.9 Å². The second-order valence-corrected chi connectivity index (χ2v) is 5.14. The zero-order valence-corrected chi connectivity index (χ0v) is 10.4. The molecule has 1 unspecified atom stereocenters. The Morgan fingerprint density at radius 2 is 2.33 bits per heavy atom. The van der Waals surface area contributed by atoms with E-state index in [0.717, 1.165) is 37.1 Å². The maximum absolute atomic E-state index is 13.8. The largest absolute Gasteiger partial charge is 0.316 e. The van der Waals surface area contributed by atoms with Gasteiger partial charge in [-0.2, -0.15) is 0 Å². The van der Waals surface area contributed by atoms with Crippen LogP contribution in [0.25, 0.3) is 0 Å². The van der Waals surface area contributed by atoms with Crippen molar-refractivity contribution in [3.63, 3.8) is 0 Å². The lowest BCUT2D eigenvalue weighted by atomic mass is 9.97. The Hall–Kier alpha value is -0.410. The SMILES string of the molecule is Cc1cc(Br)c(F)c(CC2CCNC2)c1. The first-order chi connectivity index (χ1) is 7.16. The first-order valence-corrected chi connectivity index (χ1v) is 6.11. The molecule has 1 heterocycles. The van der Waals surface area contributed by atoms with E-state index in [1.807, 2.05) is 19.1 Å². The van der Waals surface area contributed by atoms with E-state index in [1.54, 1.807) is 0 Å². The Labute approximate surface area is 98.2 Å². The fourth-order valence-corrected chi connectivity index (χ4v) is 2.76. The molecule has 0 spiro atoms. The van der Waals surface area contributed by atoms with Crippen LogP contribution in [0.5, 0.6) is 0 Å². The maximum Gasteiger partial charge on any atom is 0.140 e. The molecule has 0 bridgehead atoms. The van der Waals surface area contributed by atoms with Crippen LogP contribution in [-0.4, -0.2) is 13.1 Å². The highest BCUT2D eigenvalue weighted by atomic mass is 79.9. The highest BCUT2D eigenvalue weighted by Gasteiger charge is 2.17. The Bertz CT molecular complexity index is 359. The molecule has 1 aromatic carbocycles. The zero-order chi connectivity index (χ0) is 10.8. The highest BCUT2D eigenvalue weighted by Crippen LogP contribution is 2.24. The van der Waals surface area contributed by atoms with E-state index < -0.39 is 0 Å².